The fourth-order valence-corrected chi connectivity index (χ4v) is 3.88. The van der Waals surface area contributed by atoms with E-state index in [2.05, 4.69) is 27.0 Å². The van der Waals surface area contributed by atoms with Crippen molar-refractivity contribution in [2.45, 2.75) is 84.0 Å². The molecule has 1 saturated carbocycles. The molecule has 1 aliphatic heterocycles. The molecule has 3 rings (SSSR count). The normalized spacial score (nSPS) is 24.6. The van der Waals surface area contributed by atoms with Crippen molar-refractivity contribution in [3.63, 3.8) is 0 Å². The fourth-order valence-electron chi connectivity index (χ4n) is 3.88. The number of carbonyl (C=O) groups is 1. The van der Waals surface area contributed by atoms with E-state index in [1.54, 1.807) is 0 Å². The Morgan fingerprint density at radius 3 is 3.04 bits per heavy atom. The van der Waals surface area contributed by atoms with Crippen LogP contribution in [-0.2, 0) is 28.9 Å². The van der Waals surface area contributed by atoms with Crippen LogP contribution < -0.4 is 5.32 Å². The molecule has 2 aliphatic rings. The average molecular weight is 334 g/mol. The summed E-state index contributed by atoms with van der Waals surface area (Å²) in [7, 11) is 0. The number of carbonyl (C=O) groups excluding carboxylic acids is 1. The molecular formula is C18H30N4O2. The number of amides is 1. The summed E-state index contributed by atoms with van der Waals surface area (Å²) in [6.45, 7) is 5.89. The van der Waals surface area contributed by atoms with E-state index in [0.717, 1.165) is 56.7 Å². The van der Waals surface area contributed by atoms with Crippen LogP contribution in [0.2, 0.25) is 0 Å². The van der Waals surface area contributed by atoms with Crippen LogP contribution in [0, 0.1) is 5.92 Å². The summed E-state index contributed by atoms with van der Waals surface area (Å²) in [4.78, 5) is 12.4. The second-order valence-corrected chi connectivity index (χ2v) is 7.26. The third-order valence-electron chi connectivity index (χ3n) is 5.24. The Morgan fingerprint density at radius 2 is 2.25 bits per heavy atom. The fraction of sp³-hybridized carbons (Fsp3) is 0.833. The van der Waals surface area contributed by atoms with E-state index in [0.29, 0.717) is 12.5 Å². The van der Waals surface area contributed by atoms with E-state index in [9.17, 15) is 4.79 Å². The van der Waals surface area contributed by atoms with Crippen LogP contribution in [-0.4, -0.2) is 39.4 Å². The summed E-state index contributed by atoms with van der Waals surface area (Å²) in [5.74, 6) is 2.78. The van der Waals surface area contributed by atoms with Gasteiger partial charge in [0.2, 0.25) is 5.91 Å². The maximum Gasteiger partial charge on any atom is 0.249 e. The Hall–Kier alpha value is -1.43. The highest BCUT2D eigenvalue weighted by Gasteiger charge is 2.26. The Balaban J connectivity index is 1.44. The Morgan fingerprint density at radius 1 is 1.38 bits per heavy atom. The summed E-state index contributed by atoms with van der Waals surface area (Å²) in [6.07, 6.45) is 8.19. The summed E-state index contributed by atoms with van der Waals surface area (Å²) in [5.41, 5.74) is 0. The summed E-state index contributed by atoms with van der Waals surface area (Å²) >= 11 is 0. The van der Waals surface area contributed by atoms with E-state index in [1.165, 1.54) is 12.8 Å². The molecule has 1 aromatic heterocycles. The molecule has 1 aliphatic carbocycles. The number of aromatic nitrogens is 3. The molecule has 6 heteroatoms. The first-order valence-corrected chi connectivity index (χ1v) is 9.51. The predicted octanol–water partition coefficient (Wildman–Crippen LogP) is 2.26. The Labute approximate surface area is 144 Å². The highest BCUT2D eigenvalue weighted by molar-refractivity contribution is 5.80. The standard InChI is InChI=1S/C18H30N4O2/c1-3-15(24-14-7-4-6-13(2)12-14)18(23)19-10-9-17-21-20-16-8-5-11-22(16)17/h13-15H,3-12H2,1-2H3,(H,19,23)/t13-,14+,15-/m0/s1. The minimum atomic E-state index is -0.329. The van der Waals surface area contributed by atoms with Crippen LogP contribution in [0.1, 0.15) is 64.0 Å². The summed E-state index contributed by atoms with van der Waals surface area (Å²) < 4.78 is 8.27. The van der Waals surface area contributed by atoms with Crippen LogP contribution in [0.5, 0.6) is 0 Å². The maximum atomic E-state index is 12.4. The number of hydrogen-bond donors (Lipinski definition) is 1. The van der Waals surface area contributed by atoms with Gasteiger partial charge < -0.3 is 14.6 Å². The van der Waals surface area contributed by atoms with Gasteiger partial charge in [-0.15, -0.1) is 10.2 Å². The van der Waals surface area contributed by atoms with Gasteiger partial charge in [-0.2, -0.15) is 0 Å². The van der Waals surface area contributed by atoms with E-state index in [4.69, 9.17) is 4.74 Å². The number of ether oxygens (including phenoxy) is 1. The van der Waals surface area contributed by atoms with Crippen LogP contribution in [0.15, 0.2) is 0 Å². The van der Waals surface area contributed by atoms with Gasteiger partial charge in [0, 0.05) is 25.9 Å². The monoisotopic (exact) mass is 334 g/mol. The number of nitrogens with one attached hydrogen (secondary N) is 1. The molecule has 0 unspecified atom stereocenters. The molecule has 134 valence electrons. The molecule has 1 aromatic rings. The first-order chi connectivity index (χ1) is 11.7. The molecule has 0 saturated heterocycles. The molecule has 2 heterocycles. The van der Waals surface area contributed by atoms with Crippen molar-refractivity contribution >= 4 is 5.91 Å². The highest BCUT2D eigenvalue weighted by atomic mass is 16.5. The van der Waals surface area contributed by atoms with Crippen LogP contribution in [0.3, 0.4) is 0 Å². The largest absolute Gasteiger partial charge is 0.365 e. The van der Waals surface area contributed by atoms with Crippen LogP contribution >= 0.6 is 0 Å². The van der Waals surface area contributed by atoms with Gasteiger partial charge in [-0.05, 0) is 31.6 Å². The van der Waals surface area contributed by atoms with Crippen molar-refractivity contribution in [2.24, 2.45) is 5.92 Å². The molecule has 0 radical (unpaired) electrons. The molecule has 0 aromatic carbocycles. The molecule has 1 amide bonds. The number of nitrogens with zero attached hydrogens (tertiary/aromatic N) is 3. The van der Waals surface area contributed by atoms with Gasteiger partial charge in [-0.25, -0.2) is 0 Å². The lowest BCUT2D eigenvalue weighted by atomic mass is 9.88. The number of hydrogen-bond acceptors (Lipinski definition) is 4. The maximum absolute atomic E-state index is 12.4. The molecule has 1 fully saturated rings. The summed E-state index contributed by atoms with van der Waals surface area (Å²) in [6, 6.07) is 0. The molecule has 6 nitrogen and oxygen atoms in total. The molecular weight excluding hydrogens is 304 g/mol. The van der Waals surface area contributed by atoms with Gasteiger partial charge in [0.05, 0.1) is 6.10 Å². The lowest BCUT2D eigenvalue weighted by molar-refractivity contribution is -0.139. The molecule has 0 spiro atoms. The predicted molar refractivity (Wildman–Crippen MR) is 91.6 cm³/mol. The summed E-state index contributed by atoms with van der Waals surface area (Å²) in [5, 5.41) is 11.5. The van der Waals surface area contributed by atoms with Crippen LogP contribution in [0.25, 0.3) is 0 Å². The number of aryl methyl sites for hydroxylation is 1. The number of rotatable bonds is 7. The topological polar surface area (TPSA) is 69.0 Å². The van der Waals surface area contributed by atoms with Gasteiger partial charge in [-0.3, -0.25) is 4.79 Å². The highest BCUT2D eigenvalue weighted by Crippen LogP contribution is 2.27. The van der Waals surface area contributed by atoms with Gasteiger partial charge in [-0.1, -0.05) is 26.7 Å². The third-order valence-corrected chi connectivity index (χ3v) is 5.24. The first kappa shape index (κ1) is 17.4. The van der Waals surface area contributed by atoms with E-state index < -0.39 is 0 Å². The van der Waals surface area contributed by atoms with Gasteiger partial charge >= 0.3 is 0 Å². The van der Waals surface area contributed by atoms with E-state index in [1.807, 2.05) is 6.92 Å². The first-order valence-electron chi connectivity index (χ1n) is 9.51. The average Bonchev–Trinajstić information content (AvgIpc) is 3.17. The smallest absolute Gasteiger partial charge is 0.249 e. The SMILES string of the molecule is CC[C@H](O[C@@H]1CCC[C@H](C)C1)C(=O)NCCc1nnc2n1CCC2. The Bertz CT molecular complexity index is 557. The number of fused-ring (bicyclic) bond motifs is 1. The zero-order valence-electron chi connectivity index (χ0n) is 15.0. The van der Waals surface area contributed by atoms with Gasteiger partial charge in [0.15, 0.2) is 0 Å². The van der Waals surface area contributed by atoms with E-state index in [-0.39, 0.29) is 18.1 Å². The van der Waals surface area contributed by atoms with Crippen molar-refractivity contribution in [2.75, 3.05) is 6.54 Å². The molecule has 0 bridgehead atoms. The van der Waals surface area contributed by atoms with Crippen LogP contribution in [0.4, 0.5) is 0 Å². The van der Waals surface area contributed by atoms with Crippen molar-refractivity contribution < 1.29 is 9.53 Å². The zero-order chi connectivity index (χ0) is 16.9. The minimum Gasteiger partial charge on any atom is -0.365 e. The lowest BCUT2D eigenvalue weighted by Crippen LogP contribution is -2.40. The van der Waals surface area contributed by atoms with Crippen molar-refractivity contribution in [3.8, 4) is 0 Å². The molecule has 3 atom stereocenters. The van der Waals surface area contributed by atoms with Gasteiger partial charge in [0.1, 0.15) is 17.8 Å². The Kier molecular flexibility index (Phi) is 5.87. The second-order valence-electron chi connectivity index (χ2n) is 7.26. The minimum absolute atomic E-state index is 0.0110. The zero-order valence-corrected chi connectivity index (χ0v) is 15.0. The molecule has 24 heavy (non-hydrogen) atoms. The van der Waals surface area contributed by atoms with Crippen molar-refractivity contribution in [3.05, 3.63) is 11.6 Å². The second kappa shape index (κ2) is 8.10. The molecule has 1 N–H and O–H groups in total. The quantitative estimate of drug-likeness (QED) is 0.830. The van der Waals surface area contributed by atoms with Gasteiger partial charge in [0.25, 0.3) is 0 Å². The van der Waals surface area contributed by atoms with Crippen molar-refractivity contribution in [1.82, 2.24) is 20.1 Å². The lowest BCUT2D eigenvalue weighted by Gasteiger charge is -2.29. The third kappa shape index (κ3) is 4.15. The van der Waals surface area contributed by atoms with Crippen molar-refractivity contribution in [1.29, 1.82) is 0 Å². The van der Waals surface area contributed by atoms with E-state index >= 15 is 0 Å².